The Hall–Kier alpha value is -2.92. The Morgan fingerprint density at radius 1 is 1.00 bits per heavy atom. The normalized spacial score (nSPS) is 29.5. The summed E-state index contributed by atoms with van der Waals surface area (Å²) in [6.45, 7) is 1.95. The van der Waals surface area contributed by atoms with Gasteiger partial charge in [-0.2, -0.15) is 5.10 Å². The number of fused-ring (bicyclic) bond motifs is 1. The molecule has 0 unspecified atom stereocenters. The lowest BCUT2D eigenvalue weighted by molar-refractivity contribution is -0.138. The second-order valence-corrected chi connectivity index (χ2v) is 10.0. The summed E-state index contributed by atoms with van der Waals surface area (Å²) in [5.41, 5.74) is 4.99. The highest BCUT2D eigenvalue weighted by atomic mass is 16.2. The van der Waals surface area contributed by atoms with E-state index in [0.29, 0.717) is 23.9 Å². The predicted molar refractivity (Wildman–Crippen MR) is 122 cm³/mol. The minimum atomic E-state index is -0.277. The molecule has 1 aromatic heterocycles. The van der Waals surface area contributed by atoms with E-state index < -0.39 is 0 Å². The van der Waals surface area contributed by atoms with Gasteiger partial charge in [-0.1, -0.05) is 36.4 Å². The number of carbonyl (C=O) groups excluding carboxylic acids is 1. The van der Waals surface area contributed by atoms with E-state index in [1.807, 2.05) is 23.1 Å². The van der Waals surface area contributed by atoms with Crippen molar-refractivity contribution in [2.24, 2.45) is 5.92 Å². The number of hydrogen-bond acceptors (Lipinski definition) is 3. The van der Waals surface area contributed by atoms with Crippen molar-refractivity contribution in [2.45, 2.75) is 49.7 Å². The Labute approximate surface area is 188 Å². The third-order valence-electron chi connectivity index (χ3n) is 8.57. The van der Waals surface area contributed by atoms with Gasteiger partial charge >= 0.3 is 0 Å². The molecule has 0 N–H and O–H groups in total. The van der Waals surface area contributed by atoms with E-state index in [1.165, 1.54) is 16.7 Å². The molecule has 0 bridgehead atoms. The van der Waals surface area contributed by atoms with Crippen molar-refractivity contribution in [3.05, 3.63) is 83.7 Å². The molecule has 1 amide bonds. The molecule has 3 aromatic rings. The molecule has 0 saturated carbocycles. The maximum absolute atomic E-state index is 14.0. The fraction of sp³-hybridized carbons (Fsp3) is 0.407. The molecule has 4 aliphatic rings. The van der Waals surface area contributed by atoms with Crippen LogP contribution in [0.25, 0.3) is 5.69 Å². The van der Waals surface area contributed by atoms with Crippen LogP contribution < -0.4 is 0 Å². The van der Waals surface area contributed by atoms with Gasteiger partial charge in [-0.25, -0.2) is 4.68 Å². The smallest absolute Gasteiger partial charge is 0.243 e. The van der Waals surface area contributed by atoms with Crippen molar-refractivity contribution >= 4 is 5.91 Å². The van der Waals surface area contributed by atoms with Gasteiger partial charge in [0.25, 0.3) is 0 Å². The van der Waals surface area contributed by atoms with Crippen LogP contribution in [0.3, 0.4) is 0 Å². The van der Waals surface area contributed by atoms with Gasteiger partial charge in [0.15, 0.2) is 0 Å². The molecule has 4 heterocycles. The first kappa shape index (κ1) is 18.6. The summed E-state index contributed by atoms with van der Waals surface area (Å²) < 4.78 is 1.92. The third-order valence-corrected chi connectivity index (χ3v) is 8.57. The molecule has 3 atom stereocenters. The number of rotatable bonds is 3. The minimum absolute atomic E-state index is 0.277. The Morgan fingerprint density at radius 3 is 2.62 bits per heavy atom. The van der Waals surface area contributed by atoms with Gasteiger partial charge in [-0.15, -0.1) is 0 Å². The van der Waals surface area contributed by atoms with Crippen LogP contribution in [0.2, 0.25) is 0 Å². The standard InChI is InChI=1S/C27H28N4O/c32-26-27-10-4-12-30(27)25(21-8-3-9-23(16-21)31-13-5-11-28-31)17-22(27)18-29(26)24-14-19-6-1-2-7-20(19)15-24/h1-3,5-9,11,13,16,22,24-25H,4,10,12,14-15,17-18H2/t22-,25-,27-/m0/s1. The van der Waals surface area contributed by atoms with Crippen molar-refractivity contribution in [1.82, 2.24) is 19.6 Å². The summed E-state index contributed by atoms with van der Waals surface area (Å²) in [6.07, 6.45) is 9.04. The topological polar surface area (TPSA) is 41.4 Å². The van der Waals surface area contributed by atoms with Crippen molar-refractivity contribution < 1.29 is 4.79 Å². The zero-order chi connectivity index (χ0) is 21.3. The number of aromatic nitrogens is 2. The van der Waals surface area contributed by atoms with Gasteiger partial charge in [0, 0.05) is 36.9 Å². The van der Waals surface area contributed by atoms with Crippen LogP contribution in [0, 0.1) is 5.92 Å². The van der Waals surface area contributed by atoms with Gasteiger partial charge in [0.05, 0.1) is 5.69 Å². The van der Waals surface area contributed by atoms with E-state index in [1.54, 1.807) is 0 Å². The summed E-state index contributed by atoms with van der Waals surface area (Å²) in [5, 5.41) is 4.40. The molecule has 3 aliphatic heterocycles. The maximum Gasteiger partial charge on any atom is 0.243 e. The monoisotopic (exact) mass is 424 g/mol. The molecular formula is C27H28N4O. The number of benzene rings is 2. The van der Waals surface area contributed by atoms with Gasteiger partial charge in [0.2, 0.25) is 5.91 Å². The highest BCUT2D eigenvalue weighted by Gasteiger charge is 2.65. The van der Waals surface area contributed by atoms with E-state index >= 15 is 0 Å². The van der Waals surface area contributed by atoms with Crippen LogP contribution in [0.15, 0.2) is 67.0 Å². The average molecular weight is 425 g/mol. The average Bonchev–Trinajstić information content (AvgIpc) is 3.62. The molecule has 162 valence electrons. The zero-order valence-electron chi connectivity index (χ0n) is 18.2. The number of nitrogens with zero attached hydrogens (tertiary/aromatic N) is 4. The molecule has 3 saturated heterocycles. The van der Waals surface area contributed by atoms with E-state index in [2.05, 4.69) is 63.4 Å². The summed E-state index contributed by atoms with van der Waals surface area (Å²) in [4.78, 5) is 18.9. The Kier molecular flexibility index (Phi) is 3.95. The fourth-order valence-corrected chi connectivity index (χ4v) is 7.21. The second kappa shape index (κ2) is 6.79. The zero-order valence-corrected chi connectivity index (χ0v) is 18.2. The molecule has 2 aromatic carbocycles. The lowest BCUT2D eigenvalue weighted by Gasteiger charge is -2.35. The maximum atomic E-state index is 14.0. The van der Waals surface area contributed by atoms with E-state index in [4.69, 9.17) is 0 Å². The third kappa shape index (κ3) is 2.49. The fourth-order valence-electron chi connectivity index (χ4n) is 7.21. The molecule has 0 radical (unpaired) electrons. The molecule has 5 nitrogen and oxygen atoms in total. The molecule has 1 aliphatic carbocycles. The lowest BCUT2D eigenvalue weighted by Crippen LogP contribution is -2.51. The van der Waals surface area contributed by atoms with Crippen LogP contribution in [-0.2, 0) is 17.6 Å². The number of likely N-dealkylation sites (tertiary alicyclic amines) is 1. The Bertz CT molecular complexity index is 1160. The highest BCUT2D eigenvalue weighted by molar-refractivity contribution is 5.90. The van der Waals surface area contributed by atoms with Crippen LogP contribution in [-0.4, -0.2) is 50.2 Å². The first-order valence-electron chi connectivity index (χ1n) is 12.0. The summed E-state index contributed by atoms with van der Waals surface area (Å²) >= 11 is 0. The van der Waals surface area contributed by atoms with Crippen molar-refractivity contribution in [3.63, 3.8) is 0 Å². The molecule has 3 fully saturated rings. The number of carbonyl (C=O) groups is 1. The highest BCUT2D eigenvalue weighted by Crippen LogP contribution is 2.56. The van der Waals surface area contributed by atoms with Gasteiger partial charge < -0.3 is 4.90 Å². The van der Waals surface area contributed by atoms with Crippen molar-refractivity contribution in [3.8, 4) is 5.69 Å². The van der Waals surface area contributed by atoms with E-state index in [-0.39, 0.29) is 5.54 Å². The minimum Gasteiger partial charge on any atom is -0.337 e. The lowest BCUT2D eigenvalue weighted by atomic mass is 9.85. The van der Waals surface area contributed by atoms with Gasteiger partial charge in [0.1, 0.15) is 5.54 Å². The molecule has 7 rings (SSSR count). The second-order valence-electron chi connectivity index (χ2n) is 10.0. The van der Waals surface area contributed by atoms with Gasteiger partial charge in [-0.3, -0.25) is 9.69 Å². The number of hydrogen-bond donors (Lipinski definition) is 0. The molecular weight excluding hydrogens is 396 g/mol. The Morgan fingerprint density at radius 2 is 1.84 bits per heavy atom. The first-order valence-corrected chi connectivity index (χ1v) is 12.0. The van der Waals surface area contributed by atoms with Crippen LogP contribution in [0.4, 0.5) is 0 Å². The Balaban J connectivity index is 1.18. The summed E-state index contributed by atoms with van der Waals surface area (Å²) in [6, 6.07) is 20.1. The van der Waals surface area contributed by atoms with Crippen LogP contribution in [0.1, 0.15) is 42.0 Å². The SMILES string of the molecule is O=C1N(C2Cc3ccccc3C2)C[C@@H]2C[C@@H](c3cccc(-n4cccn4)c3)N3CCC[C@@]123. The van der Waals surface area contributed by atoms with Crippen LogP contribution in [0.5, 0.6) is 0 Å². The van der Waals surface area contributed by atoms with Crippen molar-refractivity contribution in [2.75, 3.05) is 13.1 Å². The molecule has 32 heavy (non-hydrogen) atoms. The van der Waals surface area contributed by atoms with Crippen LogP contribution >= 0.6 is 0 Å². The summed E-state index contributed by atoms with van der Waals surface area (Å²) in [7, 11) is 0. The molecule has 1 spiro atoms. The predicted octanol–water partition coefficient (Wildman–Crippen LogP) is 3.78. The van der Waals surface area contributed by atoms with Crippen molar-refractivity contribution in [1.29, 1.82) is 0 Å². The quantitative estimate of drug-likeness (QED) is 0.643. The largest absolute Gasteiger partial charge is 0.337 e. The van der Waals surface area contributed by atoms with Gasteiger partial charge in [-0.05, 0) is 73.5 Å². The first-order chi connectivity index (χ1) is 15.7. The van der Waals surface area contributed by atoms with E-state index in [9.17, 15) is 4.79 Å². The summed E-state index contributed by atoms with van der Waals surface area (Å²) in [5.74, 6) is 0.836. The van der Waals surface area contributed by atoms with E-state index in [0.717, 1.165) is 50.9 Å². The number of amides is 1. The molecule has 5 heteroatoms.